The Balaban J connectivity index is 1.30. The molecule has 268 valence electrons. The number of nitrogens with zero attached hydrogens (tertiary/aromatic N) is 1. The van der Waals surface area contributed by atoms with Gasteiger partial charge in [0.25, 0.3) is 0 Å². The van der Waals surface area contributed by atoms with Crippen LogP contribution in [0.5, 0.6) is 17.2 Å². The number of hydrogen-bond donors (Lipinski definition) is 3. The van der Waals surface area contributed by atoms with E-state index in [0.29, 0.717) is 78.2 Å². The van der Waals surface area contributed by atoms with Gasteiger partial charge in [0.15, 0.2) is 6.29 Å². The summed E-state index contributed by atoms with van der Waals surface area (Å²) >= 11 is 0. The summed E-state index contributed by atoms with van der Waals surface area (Å²) in [4.78, 5) is 44.6. The van der Waals surface area contributed by atoms with E-state index < -0.39 is 30.2 Å². The number of nitrogens with one attached hydrogen (secondary N) is 1. The molecule has 11 heteroatoms. The largest absolute Gasteiger partial charge is 0.496 e. The number of fused-ring (bicyclic) bond motifs is 4. The van der Waals surface area contributed by atoms with Crippen molar-refractivity contribution < 1.29 is 43.5 Å². The molecule has 4 aliphatic heterocycles. The Morgan fingerprint density at radius 3 is 2.84 bits per heavy atom. The summed E-state index contributed by atoms with van der Waals surface area (Å²) in [5, 5.41) is 28.7. The fourth-order valence-corrected chi connectivity index (χ4v) is 9.61. The smallest absolute Gasteiger partial charge is 0.375 e. The summed E-state index contributed by atoms with van der Waals surface area (Å²) in [6, 6.07) is 5.89. The van der Waals surface area contributed by atoms with Crippen molar-refractivity contribution >= 4 is 29.7 Å². The maximum atomic E-state index is 13.5. The standard InChI is InChI=1S/C40H44N2O9/c1-3-49-39(46)38-27(19-43)33(23-7-9-31(45)25(16-23)21-6-8-30-22(15-21)10-14-42-30)34-36(48-2)26-17-32(50-35(26)28(20-44)37(34)51-38)40(47)12-4-5-24-18-41-13-11-29(24)40/h6,8,10,15,19,24-25,29,32,41,44,47H,3-5,7,9,11-14,16-18,20H2,1-2H3. The molecule has 0 amide bonds. The Morgan fingerprint density at radius 1 is 1.20 bits per heavy atom. The van der Waals surface area contributed by atoms with Gasteiger partial charge in [0.2, 0.25) is 5.76 Å². The van der Waals surface area contributed by atoms with Crippen molar-refractivity contribution in [2.24, 2.45) is 16.8 Å². The van der Waals surface area contributed by atoms with Crippen LogP contribution in [0.25, 0.3) is 11.6 Å². The van der Waals surface area contributed by atoms with Crippen LogP contribution < -0.4 is 30.1 Å². The molecule has 11 nitrogen and oxygen atoms in total. The lowest BCUT2D eigenvalue weighted by Crippen LogP contribution is -2.59. The van der Waals surface area contributed by atoms with Crippen LogP contribution in [-0.2, 0) is 32.1 Å². The highest BCUT2D eigenvalue weighted by Gasteiger charge is 2.54. The molecule has 0 aromatic heterocycles. The predicted octanol–water partition coefficient (Wildman–Crippen LogP) is 2.74. The molecule has 0 spiro atoms. The van der Waals surface area contributed by atoms with E-state index in [9.17, 15) is 24.6 Å². The number of carbonyl (C=O) groups excluding carboxylic acids is 3. The lowest BCUT2D eigenvalue weighted by atomic mass is 9.63. The van der Waals surface area contributed by atoms with Crippen molar-refractivity contribution in [3.63, 3.8) is 0 Å². The Morgan fingerprint density at radius 2 is 2.06 bits per heavy atom. The second-order valence-corrected chi connectivity index (χ2v) is 14.5. The van der Waals surface area contributed by atoms with Crippen molar-refractivity contribution in [2.45, 2.75) is 82.5 Å². The second kappa shape index (κ2) is 13.3. The van der Waals surface area contributed by atoms with Crippen LogP contribution in [0.1, 0.15) is 80.0 Å². The summed E-state index contributed by atoms with van der Waals surface area (Å²) in [6.07, 6.45) is 6.63. The average Bonchev–Trinajstić information content (AvgIpc) is 3.81. The fraction of sp³-hybridized carbons (Fsp3) is 0.500. The molecule has 6 aliphatic rings. The van der Waals surface area contributed by atoms with Crippen LogP contribution in [-0.4, -0.2) is 73.3 Å². The molecule has 0 radical (unpaired) electrons. The van der Waals surface area contributed by atoms with Crippen LogP contribution in [0.2, 0.25) is 0 Å². The normalized spacial score (nSPS) is 29.4. The Bertz CT molecular complexity index is 2010. The van der Waals surface area contributed by atoms with E-state index in [1.165, 1.54) is 7.11 Å². The lowest BCUT2D eigenvalue weighted by molar-refractivity contribution is -0.141. The van der Waals surface area contributed by atoms with E-state index in [1.807, 2.05) is 24.3 Å². The molecule has 2 aromatic rings. The summed E-state index contributed by atoms with van der Waals surface area (Å²) < 4.78 is 24.5. The van der Waals surface area contributed by atoms with Gasteiger partial charge in [-0.05, 0) is 86.9 Å². The topological polar surface area (TPSA) is 153 Å². The van der Waals surface area contributed by atoms with Crippen LogP contribution >= 0.6 is 0 Å². The van der Waals surface area contributed by atoms with Gasteiger partial charge in [0.05, 0.1) is 48.9 Å². The minimum absolute atomic E-state index is 0.00574. The highest BCUT2D eigenvalue weighted by molar-refractivity contribution is 6.11. The molecule has 4 heterocycles. The van der Waals surface area contributed by atoms with E-state index in [2.05, 4.69) is 10.3 Å². The van der Waals surface area contributed by atoms with Crippen LogP contribution in [0.4, 0.5) is 0 Å². The minimum atomic E-state index is -1.09. The number of ether oxygens (including phenoxy) is 4. The fourth-order valence-electron chi connectivity index (χ4n) is 9.61. The van der Waals surface area contributed by atoms with Crippen molar-refractivity contribution in [2.75, 3.05) is 33.4 Å². The second-order valence-electron chi connectivity index (χ2n) is 14.5. The molecular weight excluding hydrogens is 652 g/mol. The number of piperidine rings is 1. The van der Waals surface area contributed by atoms with Gasteiger partial charge < -0.3 is 34.5 Å². The third-order valence-electron chi connectivity index (χ3n) is 12.0. The van der Waals surface area contributed by atoms with E-state index >= 15 is 0 Å². The molecule has 51 heavy (non-hydrogen) atoms. The van der Waals surface area contributed by atoms with Crippen molar-refractivity contribution in [3.8, 4) is 17.2 Å². The third-order valence-corrected chi connectivity index (χ3v) is 12.0. The number of carbonyl (C=O) groups is 3. The first-order chi connectivity index (χ1) is 24.8. The van der Waals surface area contributed by atoms with Gasteiger partial charge in [-0.25, -0.2) is 4.79 Å². The van der Waals surface area contributed by atoms with Crippen molar-refractivity contribution in [3.05, 3.63) is 67.9 Å². The number of aliphatic hydroxyl groups is 2. The maximum absolute atomic E-state index is 13.5. The van der Waals surface area contributed by atoms with Gasteiger partial charge in [0, 0.05) is 29.9 Å². The zero-order chi connectivity index (χ0) is 35.4. The number of rotatable bonds is 7. The van der Waals surface area contributed by atoms with Crippen LogP contribution in [0.15, 0.2) is 40.1 Å². The SMILES string of the molecule is CCOC(=O)C1=C(C=O)C(=C2CCC(=O)C(c3ccc4c(c3)=CCN=4)C2)c2c(OC)c3c(c(CO)c2O1)OC(C1(O)CCCC2CNCCC21)C3. The molecule has 2 aromatic carbocycles. The molecule has 8 rings (SSSR count). The highest BCUT2D eigenvalue weighted by Crippen LogP contribution is 2.57. The number of esters is 1. The number of Topliss-reactive ketones (excluding diaryl/α,β-unsaturated/α-hetero) is 1. The van der Waals surface area contributed by atoms with E-state index in [0.717, 1.165) is 54.1 Å². The van der Waals surface area contributed by atoms with Crippen molar-refractivity contribution in [1.29, 1.82) is 0 Å². The Hall–Kier alpha value is -4.32. The number of hydrogen-bond acceptors (Lipinski definition) is 11. The minimum Gasteiger partial charge on any atom is -0.496 e. The molecule has 3 N–H and O–H groups in total. The molecule has 3 fully saturated rings. The van der Waals surface area contributed by atoms with E-state index in [-0.39, 0.29) is 41.8 Å². The van der Waals surface area contributed by atoms with Gasteiger partial charge in [-0.3, -0.25) is 14.6 Å². The van der Waals surface area contributed by atoms with Gasteiger partial charge in [-0.15, -0.1) is 0 Å². The number of aliphatic hydroxyl groups excluding tert-OH is 1. The number of ketones is 1. The zero-order valence-corrected chi connectivity index (χ0v) is 29.1. The highest BCUT2D eigenvalue weighted by atomic mass is 16.6. The number of allylic oxidation sites excluding steroid dienone is 3. The first-order valence-electron chi connectivity index (χ1n) is 18.2. The predicted molar refractivity (Wildman–Crippen MR) is 186 cm³/mol. The molecule has 0 bridgehead atoms. The number of aldehydes is 1. The maximum Gasteiger partial charge on any atom is 0.375 e. The van der Waals surface area contributed by atoms with Gasteiger partial charge in [0.1, 0.15) is 34.7 Å². The third kappa shape index (κ3) is 5.43. The summed E-state index contributed by atoms with van der Waals surface area (Å²) in [7, 11) is 1.53. The molecular formula is C40H44N2O9. The van der Waals surface area contributed by atoms with Crippen LogP contribution in [0, 0.1) is 11.8 Å². The van der Waals surface area contributed by atoms with Gasteiger partial charge >= 0.3 is 5.97 Å². The summed E-state index contributed by atoms with van der Waals surface area (Å²) in [5.41, 5.74) is 2.42. The Kier molecular flexibility index (Phi) is 8.84. The molecule has 1 saturated heterocycles. The quantitative estimate of drug-likeness (QED) is 0.291. The monoisotopic (exact) mass is 696 g/mol. The molecule has 2 aliphatic carbocycles. The molecule has 5 atom stereocenters. The van der Waals surface area contributed by atoms with Gasteiger partial charge in [-0.1, -0.05) is 24.1 Å². The zero-order valence-electron chi connectivity index (χ0n) is 29.1. The number of methoxy groups -OCH3 is 1. The van der Waals surface area contributed by atoms with E-state index in [1.54, 1.807) is 6.92 Å². The molecule has 5 unspecified atom stereocenters. The first kappa shape index (κ1) is 33.8. The first-order valence-corrected chi connectivity index (χ1v) is 18.2. The summed E-state index contributed by atoms with van der Waals surface area (Å²) in [5.74, 6) is -0.206. The summed E-state index contributed by atoms with van der Waals surface area (Å²) in [6.45, 7) is 3.51. The number of benzene rings is 2. The van der Waals surface area contributed by atoms with Crippen LogP contribution in [0.3, 0.4) is 0 Å². The van der Waals surface area contributed by atoms with Gasteiger partial charge in [-0.2, -0.15) is 0 Å². The van der Waals surface area contributed by atoms with Crippen molar-refractivity contribution in [1.82, 2.24) is 5.32 Å². The molecule has 2 saturated carbocycles. The van der Waals surface area contributed by atoms with E-state index in [4.69, 9.17) is 18.9 Å². The lowest BCUT2D eigenvalue weighted by Gasteiger charge is -2.49. The average molecular weight is 697 g/mol. The Labute approximate surface area is 296 Å².